The van der Waals surface area contributed by atoms with E-state index < -0.39 is 6.67 Å². The summed E-state index contributed by atoms with van der Waals surface area (Å²) in [6, 6.07) is 6.41. The smallest absolute Gasteiger partial charge is 0.150 e. The fourth-order valence-electron chi connectivity index (χ4n) is 0.719. The molecule has 0 saturated heterocycles. The molecule has 0 aliphatic carbocycles. The van der Waals surface area contributed by atoms with Crippen LogP contribution < -0.4 is 0 Å². The normalized spacial score (nSPS) is 8.45. The van der Waals surface area contributed by atoms with E-state index in [0.29, 0.717) is 5.56 Å². The van der Waals surface area contributed by atoms with Gasteiger partial charge in [-0.25, -0.2) is 4.39 Å². The van der Waals surface area contributed by atoms with Gasteiger partial charge in [0.05, 0.1) is 0 Å². The van der Waals surface area contributed by atoms with Crippen molar-refractivity contribution in [3.05, 3.63) is 29.8 Å². The third kappa shape index (κ3) is 2.30. The number of hydrogen-bond acceptors (Lipinski definition) is 1. The van der Waals surface area contributed by atoms with Crippen molar-refractivity contribution in [2.24, 2.45) is 0 Å². The van der Waals surface area contributed by atoms with Crippen LogP contribution in [0, 0.1) is 11.8 Å². The van der Waals surface area contributed by atoms with Gasteiger partial charge in [-0.2, -0.15) is 0 Å². The summed E-state index contributed by atoms with van der Waals surface area (Å²) in [5, 5.41) is 8.95. The molecule has 0 saturated carbocycles. The highest BCUT2D eigenvalue weighted by Gasteiger charge is 1.87. The Morgan fingerprint density at radius 2 is 2.27 bits per heavy atom. The van der Waals surface area contributed by atoms with E-state index in [-0.39, 0.29) is 5.75 Å². The van der Waals surface area contributed by atoms with Crippen molar-refractivity contribution in [1.82, 2.24) is 0 Å². The van der Waals surface area contributed by atoms with Crippen LogP contribution in [0.4, 0.5) is 4.39 Å². The van der Waals surface area contributed by atoms with Crippen LogP contribution in [0.5, 0.6) is 5.75 Å². The largest absolute Gasteiger partial charge is 0.508 e. The van der Waals surface area contributed by atoms with Gasteiger partial charge < -0.3 is 5.11 Å². The first kappa shape index (κ1) is 7.62. The van der Waals surface area contributed by atoms with Crippen molar-refractivity contribution >= 4 is 0 Å². The molecule has 56 valence electrons. The van der Waals surface area contributed by atoms with Crippen LogP contribution in [0.25, 0.3) is 0 Å². The molecule has 0 fully saturated rings. The minimum atomic E-state index is -0.657. The van der Waals surface area contributed by atoms with E-state index in [0.717, 1.165) is 0 Å². The second-order valence-corrected chi connectivity index (χ2v) is 1.99. The number of aromatic hydroxyl groups is 1. The molecule has 11 heavy (non-hydrogen) atoms. The Morgan fingerprint density at radius 3 is 2.91 bits per heavy atom. The molecule has 0 unspecified atom stereocenters. The Balaban J connectivity index is 2.87. The average molecular weight is 150 g/mol. The maximum atomic E-state index is 11.5. The highest BCUT2D eigenvalue weighted by atomic mass is 19.1. The number of phenols is 1. The lowest BCUT2D eigenvalue weighted by atomic mass is 10.2. The highest BCUT2D eigenvalue weighted by molar-refractivity contribution is 5.39. The van der Waals surface area contributed by atoms with Crippen LogP contribution in [0.2, 0.25) is 0 Å². The monoisotopic (exact) mass is 150 g/mol. The second kappa shape index (κ2) is 3.62. The van der Waals surface area contributed by atoms with Crippen molar-refractivity contribution in [2.75, 3.05) is 6.67 Å². The van der Waals surface area contributed by atoms with Gasteiger partial charge in [-0.3, -0.25) is 0 Å². The highest BCUT2D eigenvalue weighted by Crippen LogP contribution is 2.09. The standard InChI is InChI=1S/C9H7FO/c10-6-2-4-8-3-1-5-9(11)7-8/h1,3,5,7,11H,6H2. The van der Waals surface area contributed by atoms with E-state index >= 15 is 0 Å². The molecule has 0 aromatic heterocycles. The van der Waals surface area contributed by atoms with Gasteiger partial charge >= 0.3 is 0 Å². The molecule has 1 N–H and O–H groups in total. The lowest BCUT2D eigenvalue weighted by molar-refractivity contribution is 0.475. The second-order valence-electron chi connectivity index (χ2n) is 1.99. The molecule has 0 spiro atoms. The lowest BCUT2D eigenvalue weighted by Crippen LogP contribution is -1.72. The van der Waals surface area contributed by atoms with E-state index in [1.165, 1.54) is 6.07 Å². The zero-order chi connectivity index (χ0) is 8.10. The van der Waals surface area contributed by atoms with Crippen molar-refractivity contribution in [1.29, 1.82) is 0 Å². The van der Waals surface area contributed by atoms with Crippen LogP contribution in [-0.4, -0.2) is 11.8 Å². The van der Waals surface area contributed by atoms with Gasteiger partial charge in [0.2, 0.25) is 0 Å². The number of hydrogen-bond donors (Lipinski definition) is 1. The molecule has 0 aliphatic rings. The molecular formula is C9H7FO. The number of halogens is 1. The van der Waals surface area contributed by atoms with Gasteiger partial charge in [0.25, 0.3) is 0 Å². The maximum Gasteiger partial charge on any atom is 0.150 e. The summed E-state index contributed by atoms with van der Waals surface area (Å²) >= 11 is 0. The summed E-state index contributed by atoms with van der Waals surface area (Å²) in [6.45, 7) is -0.657. The first-order chi connectivity index (χ1) is 5.33. The molecule has 1 aromatic rings. The van der Waals surface area contributed by atoms with Crippen LogP contribution in [0.3, 0.4) is 0 Å². The third-order valence-corrected chi connectivity index (χ3v) is 1.15. The summed E-state index contributed by atoms with van der Waals surface area (Å²) in [6.07, 6.45) is 0. The molecule has 1 nitrogen and oxygen atoms in total. The predicted octanol–water partition coefficient (Wildman–Crippen LogP) is 1.71. The van der Waals surface area contributed by atoms with Crippen molar-refractivity contribution < 1.29 is 9.50 Å². The van der Waals surface area contributed by atoms with Crippen LogP contribution >= 0.6 is 0 Å². The molecule has 1 rings (SSSR count). The van der Waals surface area contributed by atoms with Gasteiger partial charge in [-0.05, 0) is 18.2 Å². The van der Waals surface area contributed by atoms with Gasteiger partial charge in [-0.1, -0.05) is 17.9 Å². The van der Waals surface area contributed by atoms with Crippen LogP contribution in [0.1, 0.15) is 5.56 Å². The summed E-state index contributed by atoms with van der Waals surface area (Å²) in [5.41, 5.74) is 0.627. The lowest BCUT2D eigenvalue weighted by Gasteiger charge is -1.90. The minimum absolute atomic E-state index is 0.149. The van der Waals surface area contributed by atoms with Crippen molar-refractivity contribution in [3.8, 4) is 17.6 Å². The summed E-state index contributed by atoms with van der Waals surface area (Å²) in [7, 11) is 0. The maximum absolute atomic E-state index is 11.5. The Labute approximate surface area is 64.5 Å². The number of phenolic OH excluding ortho intramolecular Hbond substituents is 1. The SMILES string of the molecule is Oc1cccc(C#CCF)c1. The number of benzene rings is 1. The van der Waals surface area contributed by atoms with Gasteiger partial charge in [0, 0.05) is 5.56 Å². The molecule has 2 heteroatoms. The van der Waals surface area contributed by atoms with E-state index in [1.807, 2.05) is 0 Å². The fraction of sp³-hybridized carbons (Fsp3) is 0.111. The molecule has 1 aromatic carbocycles. The van der Waals surface area contributed by atoms with Gasteiger partial charge in [0.15, 0.2) is 6.67 Å². The van der Waals surface area contributed by atoms with Crippen LogP contribution in [-0.2, 0) is 0 Å². The summed E-state index contributed by atoms with van der Waals surface area (Å²) < 4.78 is 11.5. The number of alkyl halides is 1. The Hall–Kier alpha value is -1.49. The van der Waals surface area contributed by atoms with E-state index in [9.17, 15) is 4.39 Å². The average Bonchev–Trinajstić information content (AvgIpc) is 2.01. The van der Waals surface area contributed by atoms with Gasteiger partial charge in [0.1, 0.15) is 5.75 Å². The first-order valence-electron chi connectivity index (χ1n) is 3.17. The quantitative estimate of drug-likeness (QED) is 0.558. The summed E-state index contributed by atoms with van der Waals surface area (Å²) in [4.78, 5) is 0. The fourth-order valence-corrected chi connectivity index (χ4v) is 0.719. The molecule has 0 atom stereocenters. The number of rotatable bonds is 0. The third-order valence-electron chi connectivity index (χ3n) is 1.15. The molecule has 0 radical (unpaired) electrons. The van der Waals surface area contributed by atoms with Gasteiger partial charge in [-0.15, -0.1) is 0 Å². The van der Waals surface area contributed by atoms with Crippen LogP contribution in [0.15, 0.2) is 24.3 Å². The molecule has 0 bridgehead atoms. The van der Waals surface area contributed by atoms with Crippen molar-refractivity contribution in [2.45, 2.75) is 0 Å². The Bertz CT molecular complexity index is 296. The van der Waals surface area contributed by atoms with E-state index in [4.69, 9.17) is 5.11 Å². The van der Waals surface area contributed by atoms with E-state index in [2.05, 4.69) is 11.8 Å². The minimum Gasteiger partial charge on any atom is -0.508 e. The van der Waals surface area contributed by atoms with E-state index in [1.54, 1.807) is 18.2 Å². The molecule has 0 aliphatic heterocycles. The Kier molecular flexibility index (Phi) is 2.51. The van der Waals surface area contributed by atoms with Crippen molar-refractivity contribution in [3.63, 3.8) is 0 Å². The zero-order valence-corrected chi connectivity index (χ0v) is 5.84. The molecule has 0 amide bonds. The summed E-state index contributed by atoms with van der Waals surface area (Å²) in [5.74, 6) is 4.96. The first-order valence-corrected chi connectivity index (χ1v) is 3.17. The topological polar surface area (TPSA) is 20.2 Å². The zero-order valence-electron chi connectivity index (χ0n) is 5.84. The molecule has 0 heterocycles. The predicted molar refractivity (Wildman–Crippen MR) is 41.0 cm³/mol. The molecular weight excluding hydrogens is 143 g/mol. The Morgan fingerprint density at radius 1 is 1.45 bits per heavy atom.